The molecule has 0 saturated carbocycles. The molecule has 0 aliphatic carbocycles. The number of nitro groups is 1. The number of urea groups is 1. The first-order valence-corrected chi connectivity index (χ1v) is 9.91. The van der Waals surface area contributed by atoms with Gasteiger partial charge in [0.05, 0.1) is 23.8 Å². The molecule has 32 heavy (non-hydrogen) atoms. The number of anilines is 1. The topological polar surface area (TPSA) is 128 Å². The minimum atomic E-state index is -0.940. The fourth-order valence-electron chi connectivity index (χ4n) is 3.00. The van der Waals surface area contributed by atoms with Crippen LogP contribution < -0.4 is 19.7 Å². The largest absolute Gasteiger partial charge is 0.490 e. The van der Waals surface area contributed by atoms with Crippen LogP contribution in [0.15, 0.2) is 48.0 Å². The van der Waals surface area contributed by atoms with Gasteiger partial charge in [-0.05, 0) is 49.2 Å². The van der Waals surface area contributed by atoms with Crippen molar-refractivity contribution in [3.63, 3.8) is 0 Å². The van der Waals surface area contributed by atoms with Crippen LogP contribution in [0.4, 0.5) is 16.2 Å². The molecule has 1 aliphatic heterocycles. The van der Waals surface area contributed by atoms with E-state index in [4.69, 9.17) is 9.47 Å². The minimum absolute atomic E-state index is 0.0924. The zero-order valence-corrected chi connectivity index (χ0v) is 17.5. The van der Waals surface area contributed by atoms with Crippen LogP contribution in [0.2, 0.25) is 0 Å². The van der Waals surface area contributed by atoms with Gasteiger partial charge in [0.1, 0.15) is 5.57 Å². The van der Waals surface area contributed by atoms with Gasteiger partial charge in [-0.3, -0.25) is 25.0 Å². The second-order valence-electron chi connectivity index (χ2n) is 6.72. The molecule has 1 aliphatic rings. The van der Waals surface area contributed by atoms with Crippen molar-refractivity contribution in [2.45, 2.75) is 20.3 Å². The zero-order valence-electron chi connectivity index (χ0n) is 17.5. The van der Waals surface area contributed by atoms with Gasteiger partial charge in [-0.1, -0.05) is 13.0 Å². The van der Waals surface area contributed by atoms with E-state index in [1.165, 1.54) is 30.3 Å². The maximum absolute atomic E-state index is 13.0. The summed E-state index contributed by atoms with van der Waals surface area (Å²) >= 11 is 0. The molecule has 1 fully saturated rings. The number of nitrogens with one attached hydrogen (secondary N) is 1. The fourth-order valence-corrected chi connectivity index (χ4v) is 3.00. The summed E-state index contributed by atoms with van der Waals surface area (Å²) in [5.41, 5.74) is 0.121. The number of hydrogen-bond donors (Lipinski definition) is 1. The van der Waals surface area contributed by atoms with E-state index in [0.29, 0.717) is 30.3 Å². The SMILES string of the molecule is CCCOc1ccc(/C=C2\C(=O)NC(=O)N(c3ccc([N+](=O)[O-])cc3)C2=O)cc1OCC. The first-order chi connectivity index (χ1) is 15.3. The Morgan fingerprint density at radius 3 is 2.38 bits per heavy atom. The molecular formula is C22H21N3O7. The molecule has 10 heteroatoms. The Morgan fingerprint density at radius 1 is 1.03 bits per heavy atom. The lowest BCUT2D eigenvalue weighted by atomic mass is 10.1. The highest BCUT2D eigenvalue weighted by Gasteiger charge is 2.37. The summed E-state index contributed by atoms with van der Waals surface area (Å²) in [6.07, 6.45) is 2.16. The van der Waals surface area contributed by atoms with Gasteiger partial charge in [-0.2, -0.15) is 0 Å². The fraction of sp³-hybridized carbons (Fsp3) is 0.227. The van der Waals surface area contributed by atoms with Crippen LogP contribution in [0.25, 0.3) is 6.08 Å². The van der Waals surface area contributed by atoms with E-state index in [1.807, 2.05) is 13.8 Å². The second-order valence-corrected chi connectivity index (χ2v) is 6.72. The summed E-state index contributed by atoms with van der Waals surface area (Å²) in [4.78, 5) is 48.6. The van der Waals surface area contributed by atoms with Gasteiger partial charge in [-0.15, -0.1) is 0 Å². The Balaban J connectivity index is 1.94. The lowest BCUT2D eigenvalue weighted by molar-refractivity contribution is -0.384. The summed E-state index contributed by atoms with van der Waals surface area (Å²) in [5, 5.41) is 13.0. The predicted octanol–water partition coefficient (Wildman–Crippen LogP) is 3.45. The van der Waals surface area contributed by atoms with Gasteiger partial charge < -0.3 is 9.47 Å². The summed E-state index contributed by atoms with van der Waals surface area (Å²) in [6, 6.07) is 8.88. The summed E-state index contributed by atoms with van der Waals surface area (Å²) in [7, 11) is 0. The van der Waals surface area contributed by atoms with E-state index in [9.17, 15) is 24.5 Å². The number of hydrogen-bond acceptors (Lipinski definition) is 7. The standard InChI is InChI=1S/C22H21N3O7/c1-3-11-32-18-10-5-14(13-19(18)31-4-2)12-17-20(26)23-22(28)24(21(17)27)15-6-8-16(9-7-15)25(29)30/h5-10,12-13H,3-4,11H2,1-2H3,(H,23,26,28)/b17-12+. The lowest BCUT2D eigenvalue weighted by Crippen LogP contribution is -2.54. The van der Waals surface area contributed by atoms with E-state index in [-0.39, 0.29) is 16.9 Å². The first kappa shape index (κ1) is 22.5. The number of ether oxygens (including phenoxy) is 2. The molecule has 1 saturated heterocycles. The molecule has 166 valence electrons. The lowest BCUT2D eigenvalue weighted by Gasteiger charge is -2.26. The van der Waals surface area contributed by atoms with E-state index in [1.54, 1.807) is 18.2 Å². The van der Waals surface area contributed by atoms with Crippen molar-refractivity contribution in [2.24, 2.45) is 0 Å². The van der Waals surface area contributed by atoms with E-state index in [0.717, 1.165) is 11.3 Å². The van der Waals surface area contributed by atoms with Crippen LogP contribution in [0.1, 0.15) is 25.8 Å². The van der Waals surface area contributed by atoms with Crippen LogP contribution >= 0.6 is 0 Å². The van der Waals surface area contributed by atoms with Crippen LogP contribution in [-0.2, 0) is 9.59 Å². The average molecular weight is 439 g/mol. The Hall–Kier alpha value is -4.21. The first-order valence-electron chi connectivity index (χ1n) is 9.91. The Bertz CT molecular complexity index is 1090. The molecule has 1 heterocycles. The Labute approximate surface area is 183 Å². The van der Waals surface area contributed by atoms with Crippen molar-refractivity contribution < 1.29 is 28.8 Å². The molecule has 0 atom stereocenters. The number of barbiturate groups is 1. The molecule has 0 aromatic heterocycles. The average Bonchev–Trinajstić information content (AvgIpc) is 2.76. The molecular weight excluding hydrogens is 418 g/mol. The Morgan fingerprint density at radius 2 is 1.75 bits per heavy atom. The number of nitro benzene ring substituents is 1. The van der Waals surface area contributed by atoms with Gasteiger partial charge >= 0.3 is 6.03 Å². The van der Waals surface area contributed by atoms with Crippen molar-refractivity contribution in [3.8, 4) is 11.5 Å². The summed E-state index contributed by atoms with van der Waals surface area (Å²) < 4.78 is 11.2. The van der Waals surface area contributed by atoms with Crippen molar-refractivity contribution in [1.82, 2.24) is 5.32 Å². The van der Waals surface area contributed by atoms with Gasteiger partial charge in [0.25, 0.3) is 17.5 Å². The smallest absolute Gasteiger partial charge is 0.335 e. The van der Waals surface area contributed by atoms with Gasteiger partial charge in [-0.25, -0.2) is 9.69 Å². The van der Waals surface area contributed by atoms with Gasteiger partial charge in [0.15, 0.2) is 11.5 Å². The highest BCUT2D eigenvalue weighted by Crippen LogP contribution is 2.30. The van der Waals surface area contributed by atoms with Gasteiger partial charge in [0.2, 0.25) is 0 Å². The molecule has 3 rings (SSSR count). The number of carbonyl (C=O) groups excluding carboxylic acids is 3. The van der Waals surface area contributed by atoms with Crippen LogP contribution in [0.5, 0.6) is 11.5 Å². The molecule has 0 unspecified atom stereocenters. The maximum Gasteiger partial charge on any atom is 0.335 e. The number of benzene rings is 2. The number of imide groups is 2. The molecule has 2 aromatic carbocycles. The van der Waals surface area contributed by atoms with Crippen molar-refractivity contribution in [1.29, 1.82) is 0 Å². The summed E-state index contributed by atoms with van der Waals surface area (Å²) in [6.45, 7) is 4.70. The third kappa shape index (κ3) is 4.75. The highest BCUT2D eigenvalue weighted by atomic mass is 16.6. The van der Waals surface area contributed by atoms with Gasteiger partial charge in [0, 0.05) is 12.1 Å². The molecule has 2 aromatic rings. The van der Waals surface area contributed by atoms with E-state index < -0.39 is 22.8 Å². The number of carbonyl (C=O) groups is 3. The third-order valence-electron chi connectivity index (χ3n) is 4.46. The van der Waals surface area contributed by atoms with Crippen LogP contribution in [0, 0.1) is 10.1 Å². The van der Waals surface area contributed by atoms with Crippen molar-refractivity contribution in [2.75, 3.05) is 18.1 Å². The molecule has 10 nitrogen and oxygen atoms in total. The molecule has 0 bridgehead atoms. The normalized spacial score (nSPS) is 15.0. The maximum atomic E-state index is 13.0. The van der Waals surface area contributed by atoms with E-state index >= 15 is 0 Å². The quantitative estimate of drug-likeness (QED) is 0.289. The van der Waals surface area contributed by atoms with Crippen molar-refractivity contribution in [3.05, 3.63) is 63.7 Å². The number of non-ortho nitro benzene ring substituents is 1. The Kier molecular flexibility index (Phi) is 6.83. The highest BCUT2D eigenvalue weighted by molar-refractivity contribution is 6.39. The third-order valence-corrected chi connectivity index (χ3v) is 4.46. The monoisotopic (exact) mass is 439 g/mol. The van der Waals surface area contributed by atoms with Crippen LogP contribution in [0.3, 0.4) is 0 Å². The second kappa shape index (κ2) is 9.73. The molecule has 1 N–H and O–H groups in total. The number of nitrogens with zero attached hydrogens (tertiary/aromatic N) is 2. The molecule has 4 amide bonds. The summed E-state index contributed by atoms with van der Waals surface area (Å²) in [5.74, 6) is -0.695. The minimum Gasteiger partial charge on any atom is -0.490 e. The molecule has 0 spiro atoms. The predicted molar refractivity (Wildman–Crippen MR) is 115 cm³/mol. The zero-order chi connectivity index (χ0) is 23.3. The van der Waals surface area contributed by atoms with Crippen LogP contribution in [-0.4, -0.2) is 36.0 Å². The van der Waals surface area contributed by atoms with Crippen molar-refractivity contribution >= 4 is 35.3 Å². The molecule has 0 radical (unpaired) electrons. The van der Waals surface area contributed by atoms with E-state index in [2.05, 4.69) is 5.32 Å². The number of amides is 4. The number of rotatable bonds is 8.